The van der Waals surface area contributed by atoms with Crippen molar-refractivity contribution in [2.45, 2.75) is 19.1 Å². The second-order valence-corrected chi connectivity index (χ2v) is 4.01. The van der Waals surface area contributed by atoms with Gasteiger partial charge in [-0.3, -0.25) is 9.59 Å². The van der Waals surface area contributed by atoms with Gasteiger partial charge in [-0.1, -0.05) is 0 Å². The Kier molecular flexibility index (Phi) is 7.10. The van der Waals surface area contributed by atoms with E-state index in [2.05, 4.69) is 10.6 Å². The fraction of sp³-hybridized carbons (Fsp3) is 0.800. The summed E-state index contributed by atoms with van der Waals surface area (Å²) in [6.07, 6.45) is -0.164. The predicted molar refractivity (Wildman–Crippen MR) is 66.2 cm³/mol. The van der Waals surface area contributed by atoms with Crippen LogP contribution in [0.4, 0.5) is 0 Å². The zero-order chi connectivity index (χ0) is 12.1. The fourth-order valence-electron chi connectivity index (χ4n) is 1.46. The van der Waals surface area contributed by atoms with Gasteiger partial charge in [0.15, 0.2) is 0 Å². The summed E-state index contributed by atoms with van der Waals surface area (Å²) in [7, 11) is 3.30. The van der Waals surface area contributed by atoms with Crippen LogP contribution in [0, 0.1) is 0 Å². The van der Waals surface area contributed by atoms with Crippen LogP contribution in [0.5, 0.6) is 0 Å². The van der Waals surface area contributed by atoms with Gasteiger partial charge in [0.05, 0.1) is 19.3 Å². The minimum Gasteiger partial charge on any atom is -0.375 e. The highest BCUT2D eigenvalue weighted by molar-refractivity contribution is 5.87. The third-order valence-corrected chi connectivity index (χ3v) is 2.51. The smallest absolute Gasteiger partial charge is 0.241 e. The number of amides is 2. The molecule has 1 aliphatic rings. The molecule has 1 fully saturated rings. The van der Waals surface area contributed by atoms with Crippen LogP contribution in [0.25, 0.3) is 0 Å². The van der Waals surface area contributed by atoms with Gasteiger partial charge in [0, 0.05) is 20.6 Å². The lowest BCUT2D eigenvalue weighted by molar-refractivity contribution is -0.134. The Bertz CT molecular complexity index is 274. The summed E-state index contributed by atoms with van der Waals surface area (Å²) >= 11 is 0. The van der Waals surface area contributed by atoms with Gasteiger partial charge in [0.2, 0.25) is 11.8 Å². The first-order valence-corrected chi connectivity index (χ1v) is 5.35. The maximum absolute atomic E-state index is 11.7. The van der Waals surface area contributed by atoms with Crippen LogP contribution >= 0.6 is 12.4 Å². The molecule has 0 radical (unpaired) electrons. The van der Waals surface area contributed by atoms with Gasteiger partial charge in [-0.05, 0) is 6.92 Å². The SMILES string of the molecule is C[C@H]1OCCN[C@@H]1C(=O)NCC(=O)N(C)C.Cl. The molecule has 100 valence electrons. The van der Waals surface area contributed by atoms with Gasteiger partial charge >= 0.3 is 0 Å². The average Bonchev–Trinajstić information content (AvgIpc) is 2.25. The quantitative estimate of drug-likeness (QED) is 0.686. The Balaban J connectivity index is 0.00000256. The van der Waals surface area contributed by atoms with E-state index >= 15 is 0 Å². The molecule has 7 heteroatoms. The maximum atomic E-state index is 11.7. The molecule has 0 spiro atoms. The fourth-order valence-corrected chi connectivity index (χ4v) is 1.46. The lowest BCUT2D eigenvalue weighted by atomic mass is 10.1. The molecule has 17 heavy (non-hydrogen) atoms. The van der Waals surface area contributed by atoms with Crippen LogP contribution in [0.3, 0.4) is 0 Å². The molecule has 0 aromatic rings. The lowest BCUT2D eigenvalue weighted by Crippen LogP contribution is -2.56. The molecule has 1 aliphatic heterocycles. The molecule has 1 heterocycles. The number of carbonyl (C=O) groups is 2. The van der Waals surface area contributed by atoms with Crippen LogP contribution < -0.4 is 10.6 Å². The van der Waals surface area contributed by atoms with Crippen molar-refractivity contribution in [2.24, 2.45) is 0 Å². The van der Waals surface area contributed by atoms with E-state index in [0.29, 0.717) is 13.2 Å². The number of carbonyl (C=O) groups excluding carboxylic acids is 2. The first-order valence-electron chi connectivity index (χ1n) is 5.35. The summed E-state index contributed by atoms with van der Waals surface area (Å²) in [6, 6.07) is -0.372. The molecule has 0 bridgehead atoms. The van der Waals surface area contributed by atoms with Crippen LogP contribution in [-0.2, 0) is 14.3 Å². The van der Waals surface area contributed by atoms with Gasteiger partial charge in [-0.2, -0.15) is 0 Å². The van der Waals surface area contributed by atoms with Crippen molar-refractivity contribution in [3.63, 3.8) is 0 Å². The van der Waals surface area contributed by atoms with Gasteiger partial charge in [-0.15, -0.1) is 12.4 Å². The third kappa shape index (κ3) is 4.89. The topological polar surface area (TPSA) is 70.7 Å². The normalized spacial score (nSPS) is 23.5. The summed E-state index contributed by atoms with van der Waals surface area (Å²) in [5.74, 6) is -0.319. The van der Waals surface area contributed by atoms with Crippen molar-refractivity contribution in [3.8, 4) is 0 Å². The van der Waals surface area contributed by atoms with Crippen LogP contribution in [-0.4, -0.2) is 62.7 Å². The number of nitrogens with one attached hydrogen (secondary N) is 2. The highest BCUT2D eigenvalue weighted by Gasteiger charge is 2.28. The minimum absolute atomic E-state index is 0. The summed E-state index contributed by atoms with van der Waals surface area (Å²) in [6.45, 7) is 3.13. The minimum atomic E-state index is -0.372. The van der Waals surface area contributed by atoms with E-state index in [1.807, 2.05) is 6.92 Å². The summed E-state index contributed by atoms with van der Waals surface area (Å²) in [5.41, 5.74) is 0. The highest BCUT2D eigenvalue weighted by atomic mass is 35.5. The maximum Gasteiger partial charge on any atom is 0.241 e. The van der Waals surface area contributed by atoms with Crippen LogP contribution in [0.2, 0.25) is 0 Å². The van der Waals surface area contributed by atoms with Gasteiger partial charge in [-0.25, -0.2) is 0 Å². The van der Waals surface area contributed by atoms with Crippen molar-refractivity contribution >= 4 is 24.2 Å². The van der Waals surface area contributed by atoms with Crippen molar-refractivity contribution in [1.29, 1.82) is 0 Å². The van der Waals surface area contributed by atoms with Gasteiger partial charge in [0.1, 0.15) is 6.04 Å². The van der Waals surface area contributed by atoms with Gasteiger partial charge in [0.25, 0.3) is 0 Å². The van der Waals surface area contributed by atoms with E-state index in [1.54, 1.807) is 14.1 Å². The largest absolute Gasteiger partial charge is 0.375 e. The number of hydrogen-bond donors (Lipinski definition) is 2. The molecule has 0 unspecified atom stereocenters. The molecule has 6 nitrogen and oxygen atoms in total. The molecule has 0 saturated carbocycles. The standard InChI is InChI=1S/C10H19N3O3.ClH/c1-7-9(11-4-5-16-7)10(15)12-6-8(14)13(2)3;/h7,9,11H,4-6H2,1-3H3,(H,12,15);1H/t7-,9+;/m1./s1. The van der Waals surface area contributed by atoms with E-state index in [1.165, 1.54) is 4.90 Å². The number of halogens is 1. The van der Waals surface area contributed by atoms with E-state index in [9.17, 15) is 9.59 Å². The molecule has 0 aromatic carbocycles. The van der Waals surface area contributed by atoms with Crippen molar-refractivity contribution in [2.75, 3.05) is 33.8 Å². The highest BCUT2D eigenvalue weighted by Crippen LogP contribution is 2.03. The predicted octanol–water partition coefficient (Wildman–Crippen LogP) is -1.01. The zero-order valence-electron chi connectivity index (χ0n) is 10.4. The summed E-state index contributed by atoms with van der Waals surface area (Å²) in [4.78, 5) is 24.4. The number of hydrogen-bond acceptors (Lipinski definition) is 4. The van der Waals surface area contributed by atoms with Crippen LogP contribution in [0.15, 0.2) is 0 Å². The van der Waals surface area contributed by atoms with Crippen molar-refractivity contribution in [1.82, 2.24) is 15.5 Å². The first-order chi connectivity index (χ1) is 7.52. The molecule has 0 aromatic heterocycles. The second kappa shape index (κ2) is 7.47. The van der Waals surface area contributed by atoms with Crippen molar-refractivity contribution in [3.05, 3.63) is 0 Å². The van der Waals surface area contributed by atoms with E-state index < -0.39 is 0 Å². The number of nitrogens with zero attached hydrogens (tertiary/aromatic N) is 1. The number of rotatable bonds is 3. The van der Waals surface area contributed by atoms with E-state index in [0.717, 1.165) is 0 Å². The average molecular weight is 266 g/mol. The number of likely N-dealkylation sites (N-methyl/N-ethyl adjacent to an activating group) is 1. The monoisotopic (exact) mass is 265 g/mol. The Morgan fingerprint density at radius 3 is 2.65 bits per heavy atom. The van der Waals surface area contributed by atoms with E-state index in [-0.39, 0.29) is 42.9 Å². The molecule has 1 saturated heterocycles. The third-order valence-electron chi connectivity index (χ3n) is 2.51. The lowest BCUT2D eigenvalue weighted by Gasteiger charge is -2.29. The molecule has 2 amide bonds. The Hall–Kier alpha value is -0.850. The summed E-state index contributed by atoms with van der Waals surface area (Å²) in [5, 5.41) is 5.65. The number of morpholine rings is 1. The molecule has 2 N–H and O–H groups in total. The Morgan fingerprint density at radius 1 is 1.47 bits per heavy atom. The van der Waals surface area contributed by atoms with E-state index in [4.69, 9.17) is 4.74 Å². The van der Waals surface area contributed by atoms with Crippen LogP contribution in [0.1, 0.15) is 6.92 Å². The second-order valence-electron chi connectivity index (χ2n) is 4.01. The first kappa shape index (κ1) is 16.1. The zero-order valence-corrected chi connectivity index (χ0v) is 11.2. The summed E-state index contributed by atoms with van der Waals surface area (Å²) < 4.78 is 5.35. The Morgan fingerprint density at radius 2 is 2.12 bits per heavy atom. The van der Waals surface area contributed by atoms with Crippen molar-refractivity contribution < 1.29 is 14.3 Å². The molecular weight excluding hydrogens is 246 g/mol. The number of ether oxygens (including phenoxy) is 1. The van der Waals surface area contributed by atoms with Gasteiger partial charge < -0.3 is 20.3 Å². The Labute approximate surface area is 107 Å². The molecule has 0 aliphatic carbocycles. The molecular formula is C10H20ClN3O3. The molecule has 1 rings (SSSR count). The molecule has 2 atom stereocenters.